The molecule has 3 rings (SSSR count). The average Bonchev–Trinajstić information content (AvgIpc) is 2.96. The molecule has 8 nitrogen and oxygen atoms in total. The Morgan fingerprint density at radius 2 is 1.81 bits per heavy atom. The zero-order valence-electron chi connectivity index (χ0n) is 14.7. The monoisotopic (exact) mass is 366 g/mol. The van der Waals surface area contributed by atoms with Gasteiger partial charge in [-0.05, 0) is 44.2 Å². The van der Waals surface area contributed by atoms with E-state index < -0.39 is 11.7 Å². The third-order valence-electron chi connectivity index (χ3n) is 4.01. The van der Waals surface area contributed by atoms with Gasteiger partial charge in [0.1, 0.15) is 0 Å². The number of nitrogens with one attached hydrogen (secondary N) is 2. The second kappa shape index (κ2) is 7.20. The number of rotatable bonds is 4. The molecule has 3 aromatic rings. The van der Waals surface area contributed by atoms with Gasteiger partial charge < -0.3 is 10.2 Å². The van der Waals surface area contributed by atoms with Crippen LogP contribution in [0.1, 0.15) is 28.5 Å². The molecule has 0 unspecified atom stereocenters. The fraction of sp³-hybridized carbons (Fsp3) is 0.105. The molecule has 8 heteroatoms. The minimum Gasteiger partial charge on any atom is -0.504 e. The van der Waals surface area contributed by atoms with Crippen molar-refractivity contribution in [3.8, 4) is 17.2 Å². The summed E-state index contributed by atoms with van der Waals surface area (Å²) in [5.74, 6) is -1.31. The lowest BCUT2D eigenvalue weighted by Crippen LogP contribution is -2.23. The molecule has 1 amide bonds. The third kappa shape index (κ3) is 3.59. The van der Waals surface area contributed by atoms with E-state index >= 15 is 0 Å². The second-order valence-corrected chi connectivity index (χ2v) is 5.93. The van der Waals surface area contributed by atoms with Crippen LogP contribution in [0, 0.1) is 6.92 Å². The Balaban J connectivity index is 1.86. The van der Waals surface area contributed by atoms with Crippen LogP contribution in [-0.4, -0.2) is 31.6 Å². The van der Waals surface area contributed by atoms with E-state index in [4.69, 9.17) is 0 Å². The van der Waals surface area contributed by atoms with E-state index in [-0.39, 0.29) is 16.9 Å². The van der Waals surface area contributed by atoms with E-state index in [1.54, 1.807) is 26.0 Å². The largest absolute Gasteiger partial charge is 0.504 e. The summed E-state index contributed by atoms with van der Waals surface area (Å²) in [5, 5.41) is 25.8. The van der Waals surface area contributed by atoms with E-state index in [2.05, 4.69) is 15.6 Å². The Hall–Kier alpha value is -3.81. The summed E-state index contributed by atoms with van der Waals surface area (Å²) in [6, 6.07) is 12.8. The average molecular weight is 366 g/mol. The number of phenols is 2. The molecule has 138 valence electrons. The SMILES string of the molecule is CC(=NNC(=O)c1ccc(O)c(O)c1)c1c(C)[nH]n(-c2ccccc2)c1=O. The summed E-state index contributed by atoms with van der Waals surface area (Å²) in [6.07, 6.45) is 0. The first-order valence-electron chi connectivity index (χ1n) is 8.12. The van der Waals surface area contributed by atoms with Gasteiger partial charge in [0.2, 0.25) is 0 Å². The first kappa shape index (κ1) is 18.0. The van der Waals surface area contributed by atoms with Crippen LogP contribution in [0.5, 0.6) is 11.5 Å². The molecule has 0 bridgehead atoms. The van der Waals surface area contributed by atoms with Crippen LogP contribution in [0.15, 0.2) is 58.4 Å². The lowest BCUT2D eigenvalue weighted by molar-refractivity contribution is 0.0954. The van der Waals surface area contributed by atoms with Crippen molar-refractivity contribution in [3.63, 3.8) is 0 Å². The smallest absolute Gasteiger partial charge is 0.280 e. The van der Waals surface area contributed by atoms with E-state index in [0.717, 1.165) is 6.07 Å². The van der Waals surface area contributed by atoms with E-state index in [1.807, 2.05) is 18.2 Å². The minimum atomic E-state index is -0.582. The summed E-state index contributed by atoms with van der Waals surface area (Å²) in [4.78, 5) is 24.8. The number of hydrogen-bond acceptors (Lipinski definition) is 5. The van der Waals surface area contributed by atoms with Crippen LogP contribution in [-0.2, 0) is 0 Å². The molecular weight excluding hydrogens is 348 g/mol. The number of hydrogen-bond donors (Lipinski definition) is 4. The van der Waals surface area contributed by atoms with Crippen molar-refractivity contribution in [2.24, 2.45) is 5.10 Å². The van der Waals surface area contributed by atoms with Crippen molar-refractivity contribution < 1.29 is 15.0 Å². The predicted octanol–water partition coefficient (Wildman–Crippen LogP) is 2.04. The number of carbonyl (C=O) groups excluding carboxylic acids is 1. The molecule has 0 spiro atoms. The standard InChI is InChI=1S/C19H18N4O4/c1-11(20-21-18(26)13-8-9-15(24)16(25)10-13)17-12(2)22-23(19(17)27)14-6-4-3-5-7-14/h3-10,22,24-25H,1-2H3,(H,21,26). The van der Waals surface area contributed by atoms with Gasteiger partial charge in [-0.2, -0.15) is 5.10 Å². The van der Waals surface area contributed by atoms with Gasteiger partial charge in [0, 0.05) is 11.3 Å². The maximum Gasteiger partial charge on any atom is 0.280 e. The van der Waals surface area contributed by atoms with Crippen molar-refractivity contribution in [3.05, 3.63) is 75.7 Å². The molecule has 0 radical (unpaired) electrons. The van der Waals surface area contributed by atoms with Gasteiger partial charge >= 0.3 is 0 Å². The van der Waals surface area contributed by atoms with Gasteiger partial charge in [0.25, 0.3) is 11.5 Å². The number of nitrogens with zero attached hydrogens (tertiary/aromatic N) is 2. The molecule has 0 aliphatic heterocycles. The fourth-order valence-corrected chi connectivity index (χ4v) is 2.65. The third-order valence-corrected chi connectivity index (χ3v) is 4.01. The first-order valence-corrected chi connectivity index (χ1v) is 8.12. The summed E-state index contributed by atoms with van der Waals surface area (Å²) >= 11 is 0. The van der Waals surface area contributed by atoms with Crippen LogP contribution in [0.3, 0.4) is 0 Å². The Morgan fingerprint density at radius 3 is 2.48 bits per heavy atom. The van der Waals surface area contributed by atoms with Crippen LogP contribution in [0.2, 0.25) is 0 Å². The van der Waals surface area contributed by atoms with Crippen LogP contribution >= 0.6 is 0 Å². The fourth-order valence-electron chi connectivity index (χ4n) is 2.65. The Morgan fingerprint density at radius 1 is 1.11 bits per heavy atom. The summed E-state index contributed by atoms with van der Waals surface area (Å²) in [5.41, 5.74) is 4.17. The number of aromatic amines is 1. The molecule has 1 heterocycles. The summed E-state index contributed by atoms with van der Waals surface area (Å²) in [6.45, 7) is 3.36. The highest BCUT2D eigenvalue weighted by atomic mass is 16.3. The summed E-state index contributed by atoms with van der Waals surface area (Å²) in [7, 11) is 0. The molecule has 0 atom stereocenters. The molecule has 0 saturated heterocycles. The zero-order valence-corrected chi connectivity index (χ0v) is 14.7. The molecule has 0 fully saturated rings. The Kier molecular flexibility index (Phi) is 4.80. The van der Waals surface area contributed by atoms with Gasteiger partial charge in [0.15, 0.2) is 11.5 Å². The molecular formula is C19H18N4O4. The Bertz CT molecular complexity index is 1080. The van der Waals surface area contributed by atoms with Gasteiger partial charge in [-0.15, -0.1) is 0 Å². The van der Waals surface area contributed by atoms with E-state index in [9.17, 15) is 19.8 Å². The topological polar surface area (TPSA) is 120 Å². The number of amides is 1. The number of aromatic nitrogens is 2. The van der Waals surface area contributed by atoms with Crippen molar-refractivity contribution in [2.75, 3.05) is 0 Å². The maximum absolute atomic E-state index is 12.7. The number of aryl methyl sites for hydroxylation is 1. The van der Waals surface area contributed by atoms with Crippen molar-refractivity contribution in [1.82, 2.24) is 15.2 Å². The molecule has 0 saturated carbocycles. The highest BCUT2D eigenvalue weighted by Gasteiger charge is 2.15. The summed E-state index contributed by atoms with van der Waals surface area (Å²) < 4.78 is 1.41. The molecule has 27 heavy (non-hydrogen) atoms. The van der Waals surface area contributed by atoms with Gasteiger partial charge in [-0.25, -0.2) is 10.1 Å². The van der Waals surface area contributed by atoms with Crippen LogP contribution in [0.25, 0.3) is 5.69 Å². The van der Waals surface area contributed by atoms with Gasteiger partial charge in [0.05, 0.1) is 17.0 Å². The quantitative estimate of drug-likeness (QED) is 0.321. The van der Waals surface area contributed by atoms with Gasteiger partial charge in [-0.1, -0.05) is 18.2 Å². The highest BCUT2D eigenvalue weighted by molar-refractivity contribution is 6.01. The zero-order chi connectivity index (χ0) is 19.6. The molecule has 1 aromatic heterocycles. The van der Waals surface area contributed by atoms with Crippen molar-refractivity contribution in [2.45, 2.75) is 13.8 Å². The lowest BCUT2D eigenvalue weighted by atomic mass is 10.2. The molecule has 0 aliphatic carbocycles. The second-order valence-electron chi connectivity index (χ2n) is 5.93. The number of hydrazone groups is 1. The van der Waals surface area contributed by atoms with E-state index in [1.165, 1.54) is 16.8 Å². The van der Waals surface area contributed by atoms with Crippen LogP contribution in [0.4, 0.5) is 0 Å². The number of aromatic hydroxyl groups is 2. The van der Waals surface area contributed by atoms with Crippen molar-refractivity contribution >= 4 is 11.6 Å². The van der Waals surface area contributed by atoms with Crippen LogP contribution < -0.4 is 11.0 Å². The van der Waals surface area contributed by atoms with Gasteiger partial charge in [-0.3, -0.25) is 14.7 Å². The minimum absolute atomic E-state index is 0.120. The maximum atomic E-state index is 12.7. The number of para-hydroxylation sites is 1. The highest BCUT2D eigenvalue weighted by Crippen LogP contribution is 2.24. The lowest BCUT2D eigenvalue weighted by Gasteiger charge is -2.03. The predicted molar refractivity (Wildman–Crippen MR) is 101 cm³/mol. The number of benzene rings is 2. The number of carbonyl (C=O) groups is 1. The molecule has 0 aliphatic rings. The number of H-pyrrole nitrogens is 1. The van der Waals surface area contributed by atoms with E-state index in [0.29, 0.717) is 22.7 Å². The first-order chi connectivity index (χ1) is 12.9. The molecule has 2 aromatic carbocycles. The molecule has 4 N–H and O–H groups in total. The van der Waals surface area contributed by atoms with Crippen molar-refractivity contribution in [1.29, 1.82) is 0 Å². The normalized spacial score (nSPS) is 11.4. The number of phenolic OH excluding ortho intramolecular Hbond substituents is 2. The Labute approximate surface area is 154 Å².